The van der Waals surface area contributed by atoms with Crippen molar-refractivity contribution < 1.29 is 4.92 Å². The average Bonchev–Trinajstić information content (AvgIpc) is 3.04. The lowest BCUT2D eigenvalue weighted by atomic mass is 9.77. The quantitative estimate of drug-likeness (QED) is 0.506. The maximum atomic E-state index is 11.0. The molecule has 2 aromatic carbocycles. The molecule has 1 aliphatic carbocycles. The van der Waals surface area contributed by atoms with E-state index >= 15 is 0 Å². The Morgan fingerprint density at radius 3 is 2.73 bits per heavy atom. The molecule has 2 aromatic rings. The highest BCUT2D eigenvalue weighted by atomic mass is 16.6. The SMILES string of the molecule is O=[N+]([O-])c1ccc2c(c1)C1C=CCC1C(c1ccccc1)N2. The van der Waals surface area contributed by atoms with Crippen molar-refractivity contribution in [2.24, 2.45) is 5.92 Å². The van der Waals surface area contributed by atoms with Crippen molar-refractivity contribution in [1.29, 1.82) is 0 Å². The Kier molecular flexibility index (Phi) is 2.96. The molecule has 22 heavy (non-hydrogen) atoms. The summed E-state index contributed by atoms with van der Waals surface area (Å²) in [4.78, 5) is 10.7. The number of allylic oxidation sites excluding steroid dienone is 2. The molecule has 0 spiro atoms. The molecule has 1 heterocycles. The van der Waals surface area contributed by atoms with Crippen LogP contribution in [-0.4, -0.2) is 4.92 Å². The normalized spacial score (nSPS) is 25.2. The number of benzene rings is 2. The number of nitro groups is 1. The van der Waals surface area contributed by atoms with Crippen LogP contribution in [0.15, 0.2) is 60.7 Å². The lowest BCUT2D eigenvalue weighted by Crippen LogP contribution is -2.29. The Morgan fingerprint density at radius 2 is 1.95 bits per heavy atom. The van der Waals surface area contributed by atoms with Crippen LogP contribution in [0.25, 0.3) is 0 Å². The minimum absolute atomic E-state index is 0.165. The standard InChI is InChI=1S/C18H16N2O2/c21-20(22)13-9-10-17-16(11-13)14-7-4-8-15(14)18(19-17)12-5-2-1-3-6-12/h1-7,9-11,14-15,18-19H,8H2. The molecule has 2 aliphatic rings. The largest absolute Gasteiger partial charge is 0.378 e. The maximum absolute atomic E-state index is 11.0. The van der Waals surface area contributed by atoms with Crippen LogP contribution in [0.1, 0.15) is 29.5 Å². The van der Waals surface area contributed by atoms with E-state index in [1.807, 2.05) is 12.1 Å². The first-order chi connectivity index (χ1) is 10.7. The van der Waals surface area contributed by atoms with Gasteiger partial charge in [0.05, 0.1) is 11.0 Å². The van der Waals surface area contributed by atoms with Gasteiger partial charge in [0.1, 0.15) is 0 Å². The van der Waals surface area contributed by atoms with Gasteiger partial charge in [-0.05, 0) is 29.5 Å². The summed E-state index contributed by atoms with van der Waals surface area (Å²) in [6.07, 6.45) is 5.39. The van der Waals surface area contributed by atoms with E-state index in [1.54, 1.807) is 12.1 Å². The Labute approximate surface area is 128 Å². The fourth-order valence-corrected chi connectivity index (χ4v) is 3.69. The lowest BCUT2D eigenvalue weighted by Gasteiger charge is -2.37. The fraction of sp³-hybridized carbons (Fsp3) is 0.222. The molecule has 4 heteroatoms. The number of rotatable bonds is 2. The van der Waals surface area contributed by atoms with Crippen LogP contribution in [0.4, 0.5) is 11.4 Å². The van der Waals surface area contributed by atoms with Crippen LogP contribution in [-0.2, 0) is 0 Å². The van der Waals surface area contributed by atoms with E-state index in [2.05, 4.69) is 41.7 Å². The van der Waals surface area contributed by atoms with Crippen molar-refractivity contribution in [3.8, 4) is 0 Å². The van der Waals surface area contributed by atoms with Gasteiger partial charge in [0.25, 0.3) is 5.69 Å². The lowest BCUT2D eigenvalue weighted by molar-refractivity contribution is -0.384. The first-order valence-corrected chi connectivity index (χ1v) is 7.50. The van der Waals surface area contributed by atoms with Crippen LogP contribution in [0, 0.1) is 16.0 Å². The number of anilines is 1. The molecule has 3 unspecified atom stereocenters. The molecular formula is C18H16N2O2. The van der Waals surface area contributed by atoms with Gasteiger partial charge in [-0.2, -0.15) is 0 Å². The van der Waals surface area contributed by atoms with Crippen LogP contribution in [0.5, 0.6) is 0 Å². The van der Waals surface area contributed by atoms with Gasteiger partial charge in [-0.3, -0.25) is 10.1 Å². The second-order valence-electron chi connectivity index (χ2n) is 5.91. The molecule has 0 radical (unpaired) electrons. The molecule has 0 amide bonds. The highest BCUT2D eigenvalue weighted by molar-refractivity contribution is 5.62. The minimum atomic E-state index is -0.322. The number of hydrogen-bond donors (Lipinski definition) is 1. The molecule has 0 aromatic heterocycles. The Morgan fingerprint density at radius 1 is 1.14 bits per heavy atom. The fourth-order valence-electron chi connectivity index (χ4n) is 3.69. The summed E-state index contributed by atoms with van der Waals surface area (Å²) in [5.74, 6) is 0.665. The van der Waals surface area contributed by atoms with E-state index in [-0.39, 0.29) is 22.6 Å². The van der Waals surface area contributed by atoms with Crippen molar-refractivity contribution in [2.75, 3.05) is 5.32 Å². The smallest absolute Gasteiger partial charge is 0.269 e. The molecule has 4 rings (SSSR count). The number of nitrogens with zero attached hydrogens (tertiary/aromatic N) is 1. The van der Waals surface area contributed by atoms with Gasteiger partial charge in [-0.25, -0.2) is 0 Å². The first-order valence-electron chi connectivity index (χ1n) is 7.50. The van der Waals surface area contributed by atoms with Crippen molar-refractivity contribution in [1.82, 2.24) is 0 Å². The van der Waals surface area contributed by atoms with Crippen molar-refractivity contribution in [3.05, 3.63) is 81.9 Å². The topological polar surface area (TPSA) is 55.2 Å². The van der Waals surface area contributed by atoms with E-state index in [1.165, 1.54) is 5.56 Å². The van der Waals surface area contributed by atoms with E-state index in [0.717, 1.165) is 17.7 Å². The molecule has 1 N–H and O–H groups in total. The maximum Gasteiger partial charge on any atom is 0.269 e. The Hall–Kier alpha value is -2.62. The van der Waals surface area contributed by atoms with Gasteiger partial charge in [-0.15, -0.1) is 0 Å². The number of hydrogen-bond acceptors (Lipinski definition) is 3. The van der Waals surface area contributed by atoms with Gasteiger partial charge in [-0.1, -0.05) is 42.5 Å². The predicted octanol–water partition coefficient (Wildman–Crippen LogP) is 4.42. The van der Waals surface area contributed by atoms with Gasteiger partial charge in [0.15, 0.2) is 0 Å². The third-order valence-electron chi connectivity index (χ3n) is 4.72. The summed E-state index contributed by atoms with van der Waals surface area (Å²) in [6, 6.07) is 15.8. The predicted molar refractivity (Wildman–Crippen MR) is 85.9 cm³/mol. The van der Waals surface area contributed by atoms with E-state index in [4.69, 9.17) is 0 Å². The highest BCUT2D eigenvalue weighted by Crippen LogP contribution is 2.50. The minimum Gasteiger partial charge on any atom is -0.378 e. The summed E-state index contributed by atoms with van der Waals surface area (Å²) < 4.78 is 0. The molecule has 3 atom stereocenters. The third kappa shape index (κ3) is 1.99. The summed E-state index contributed by atoms with van der Waals surface area (Å²) in [5.41, 5.74) is 3.48. The number of nitrogens with one attached hydrogen (secondary N) is 1. The van der Waals surface area contributed by atoms with Crippen LogP contribution in [0.3, 0.4) is 0 Å². The van der Waals surface area contributed by atoms with Crippen molar-refractivity contribution in [2.45, 2.75) is 18.4 Å². The first kappa shape index (κ1) is 13.1. The highest BCUT2D eigenvalue weighted by Gasteiger charge is 2.38. The zero-order valence-electron chi connectivity index (χ0n) is 12.0. The Balaban J connectivity index is 1.79. The van der Waals surface area contributed by atoms with Crippen molar-refractivity contribution in [3.63, 3.8) is 0 Å². The second kappa shape index (κ2) is 4.98. The second-order valence-corrected chi connectivity index (χ2v) is 5.91. The Bertz CT molecular complexity index is 755. The molecule has 4 nitrogen and oxygen atoms in total. The summed E-state index contributed by atoms with van der Waals surface area (Å²) in [6.45, 7) is 0. The van der Waals surface area contributed by atoms with Crippen LogP contribution >= 0.6 is 0 Å². The molecule has 0 bridgehead atoms. The molecule has 110 valence electrons. The molecular weight excluding hydrogens is 276 g/mol. The van der Waals surface area contributed by atoms with Crippen LogP contribution < -0.4 is 5.32 Å². The molecule has 1 aliphatic heterocycles. The van der Waals surface area contributed by atoms with Gasteiger partial charge >= 0.3 is 0 Å². The zero-order valence-corrected chi connectivity index (χ0v) is 12.0. The average molecular weight is 292 g/mol. The number of non-ortho nitro benzene ring substituents is 1. The van der Waals surface area contributed by atoms with Gasteiger partial charge in [0, 0.05) is 23.7 Å². The van der Waals surface area contributed by atoms with Gasteiger partial charge in [0.2, 0.25) is 0 Å². The molecule has 0 saturated carbocycles. The van der Waals surface area contributed by atoms with Crippen LogP contribution in [0.2, 0.25) is 0 Å². The van der Waals surface area contributed by atoms with E-state index in [9.17, 15) is 10.1 Å². The summed E-state index contributed by atoms with van der Waals surface area (Å²) in [5, 5.41) is 14.6. The monoisotopic (exact) mass is 292 g/mol. The number of nitro benzene ring substituents is 1. The molecule has 0 fully saturated rings. The summed E-state index contributed by atoms with van der Waals surface area (Å²) >= 11 is 0. The molecule has 0 saturated heterocycles. The number of fused-ring (bicyclic) bond motifs is 3. The van der Waals surface area contributed by atoms with E-state index < -0.39 is 0 Å². The third-order valence-corrected chi connectivity index (χ3v) is 4.72. The van der Waals surface area contributed by atoms with E-state index in [0.29, 0.717) is 5.92 Å². The van der Waals surface area contributed by atoms with Gasteiger partial charge < -0.3 is 5.32 Å². The zero-order chi connectivity index (χ0) is 15.1. The summed E-state index contributed by atoms with van der Waals surface area (Å²) in [7, 11) is 0. The van der Waals surface area contributed by atoms with Crippen molar-refractivity contribution >= 4 is 11.4 Å².